The van der Waals surface area contributed by atoms with E-state index in [1.807, 2.05) is 13.8 Å². The second kappa shape index (κ2) is 11.9. The van der Waals surface area contributed by atoms with Gasteiger partial charge in [-0.2, -0.15) is 0 Å². The fourth-order valence-corrected chi connectivity index (χ4v) is 1.75. The molecular weight excluding hydrogens is 228 g/mol. The maximum atomic E-state index is 6.21. The van der Waals surface area contributed by atoms with Gasteiger partial charge in [0.2, 0.25) is 0 Å². The summed E-state index contributed by atoms with van der Waals surface area (Å²) in [4.78, 5) is 2.35. The lowest BCUT2D eigenvalue weighted by atomic mass is 10.00. The van der Waals surface area contributed by atoms with Gasteiger partial charge in [0.05, 0.1) is 13.2 Å². The molecule has 0 amide bonds. The first kappa shape index (κ1) is 17.8. The molecule has 0 aliphatic rings. The molecule has 110 valence electrons. The average Bonchev–Trinajstić information content (AvgIpc) is 2.37. The Hall–Kier alpha value is -0.160. The Labute approximate surface area is 113 Å². The fourth-order valence-electron chi connectivity index (χ4n) is 1.75. The minimum Gasteiger partial charge on any atom is -0.380 e. The minimum atomic E-state index is 0.234. The van der Waals surface area contributed by atoms with Crippen molar-refractivity contribution in [2.24, 2.45) is 11.7 Å². The third kappa shape index (κ3) is 8.86. The lowest BCUT2D eigenvalue weighted by molar-refractivity contribution is 0.0775. The summed E-state index contributed by atoms with van der Waals surface area (Å²) < 4.78 is 10.8. The summed E-state index contributed by atoms with van der Waals surface area (Å²) in [6, 6.07) is 0.234. The van der Waals surface area contributed by atoms with Crippen LogP contribution in [0, 0.1) is 5.92 Å². The van der Waals surface area contributed by atoms with Gasteiger partial charge in [0, 0.05) is 38.9 Å². The quantitative estimate of drug-likeness (QED) is 0.543. The molecule has 0 aromatic rings. The third-order valence-corrected chi connectivity index (χ3v) is 3.36. The van der Waals surface area contributed by atoms with Crippen LogP contribution in [0.3, 0.4) is 0 Å². The smallest absolute Gasteiger partial charge is 0.0593 e. The molecule has 0 bridgehead atoms. The van der Waals surface area contributed by atoms with Crippen molar-refractivity contribution >= 4 is 0 Å². The van der Waals surface area contributed by atoms with E-state index in [0.29, 0.717) is 5.92 Å². The van der Waals surface area contributed by atoms with Crippen LogP contribution in [0.1, 0.15) is 34.1 Å². The minimum absolute atomic E-state index is 0.234. The van der Waals surface area contributed by atoms with Gasteiger partial charge in [0.1, 0.15) is 0 Å². The van der Waals surface area contributed by atoms with Crippen LogP contribution in [0.2, 0.25) is 0 Å². The number of ether oxygens (including phenoxy) is 2. The summed E-state index contributed by atoms with van der Waals surface area (Å²) in [7, 11) is 0. The van der Waals surface area contributed by atoms with Gasteiger partial charge in [-0.1, -0.05) is 20.3 Å². The molecule has 0 saturated heterocycles. The highest BCUT2D eigenvalue weighted by molar-refractivity contribution is 4.73. The van der Waals surface area contributed by atoms with Gasteiger partial charge < -0.3 is 15.2 Å². The fraction of sp³-hybridized carbons (Fsp3) is 1.00. The first-order valence-corrected chi connectivity index (χ1v) is 7.29. The molecule has 4 heteroatoms. The van der Waals surface area contributed by atoms with Crippen LogP contribution in [0.15, 0.2) is 0 Å². The summed E-state index contributed by atoms with van der Waals surface area (Å²) in [6.07, 6.45) is 1.13. The SMILES string of the molecule is CCOCCN(CCOCC)C[C@@H](N)[C@@H](C)CC. The summed E-state index contributed by atoms with van der Waals surface area (Å²) >= 11 is 0. The standard InChI is InChI=1S/C14H32N2O2/c1-5-13(4)14(15)12-16(8-10-17-6-2)9-11-18-7-3/h13-14H,5-12,15H2,1-4H3/t13-,14+/m0/s1. The van der Waals surface area contributed by atoms with Crippen LogP contribution in [-0.2, 0) is 9.47 Å². The molecule has 0 radical (unpaired) electrons. The highest BCUT2D eigenvalue weighted by atomic mass is 16.5. The predicted octanol–water partition coefficient (Wildman–Crippen LogP) is 1.73. The van der Waals surface area contributed by atoms with E-state index in [1.165, 1.54) is 0 Å². The molecule has 2 atom stereocenters. The van der Waals surface area contributed by atoms with E-state index in [0.717, 1.165) is 52.5 Å². The predicted molar refractivity (Wildman–Crippen MR) is 76.9 cm³/mol. The zero-order chi connectivity index (χ0) is 13.8. The van der Waals surface area contributed by atoms with E-state index >= 15 is 0 Å². The van der Waals surface area contributed by atoms with Gasteiger partial charge in [0.15, 0.2) is 0 Å². The normalized spacial score (nSPS) is 15.0. The summed E-state index contributed by atoms with van der Waals surface area (Å²) in [5, 5.41) is 0. The van der Waals surface area contributed by atoms with Crippen LogP contribution in [-0.4, -0.2) is 57.0 Å². The molecule has 0 aromatic carbocycles. The lowest BCUT2D eigenvalue weighted by Gasteiger charge is -2.28. The maximum Gasteiger partial charge on any atom is 0.0593 e. The molecule has 4 nitrogen and oxygen atoms in total. The molecule has 0 aliphatic heterocycles. The Balaban J connectivity index is 4.01. The Morgan fingerprint density at radius 2 is 1.50 bits per heavy atom. The van der Waals surface area contributed by atoms with Crippen molar-refractivity contribution in [3.8, 4) is 0 Å². The van der Waals surface area contributed by atoms with Crippen LogP contribution in [0.25, 0.3) is 0 Å². The molecule has 0 rings (SSSR count). The molecule has 0 unspecified atom stereocenters. The Bertz CT molecular complexity index is 169. The maximum absolute atomic E-state index is 6.21. The zero-order valence-electron chi connectivity index (χ0n) is 12.7. The van der Waals surface area contributed by atoms with Crippen molar-refractivity contribution < 1.29 is 9.47 Å². The van der Waals surface area contributed by atoms with Crippen molar-refractivity contribution in [1.29, 1.82) is 0 Å². The molecule has 0 saturated carbocycles. The second-order valence-electron chi connectivity index (χ2n) is 4.74. The van der Waals surface area contributed by atoms with E-state index < -0.39 is 0 Å². The highest BCUT2D eigenvalue weighted by Crippen LogP contribution is 2.07. The molecule has 0 fully saturated rings. The summed E-state index contributed by atoms with van der Waals surface area (Å²) in [5.74, 6) is 0.562. The molecule has 0 aromatic heterocycles. The number of rotatable bonds is 12. The molecule has 0 spiro atoms. The third-order valence-electron chi connectivity index (χ3n) is 3.36. The van der Waals surface area contributed by atoms with Gasteiger partial charge in [-0.05, 0) is 19.8 Å². The first-order valence-electron chi connectivity index (χ1n) is 7.29. The van der Waals surface area contributed by atoms with Crippen LogP contribution >= 0.6 is 0 Å². The lowest BCUT2D eigenvalue weighted by Crippen LogP contribution is -2.43. The first-order chi connectivity index (χ1) is 8.65. The van der Waals surface area contributed by atoms with Crippen molar-refractivity contribution in [3.05, 3.63) is 0 Å². The van der Waals surface area contributed by atoms with E-state index in [9.17, 15) is 0 Å². The van der Waals surface area contributed by atoms with Gasteiger partial charge in [-0.3, -0.25) is 4.90 Å². The van der Waals surface area contributed by atoms with Crippen LogP contribution < -0.4 is 5.73 Å². The van der Waals surface area contributed by atoms with Gasteiger partial charge in [0.25, 0.3) is 0 Å². The van der Waals surface area contributed by atoms with Crippen molar-refractivity contribution in [3.63, 3.8) is 0 Å². The average molecular weight is 260 g/mol. The van der Waals surface area contributed by atoms with Crippen LogP contribution in [0.5, 0.6) is 0 Å². The largest absolute Gasteiger partial charge is 0.380 e. The molecule has 2 N–H and O–H groups in total. The number of nitrogens with zero attached hydrogens (tertiary/aromatic N) is 1. The molecular formula is C14H32N2O2. The van der Waals surface area contributed by atoms with Gasteiger partial charge >= 0.3 is 0 Å². The number of hydrogen-bond donors (Lipinski definition) is 1. The highest BCUT2D eigenvalue weighted by Gasteiger charge is 2.15. The zero-order valence-corrected chi connectivity index (χ0v) is 12.7. The van der Waals surface area contributed by atoms with Crippen LogP contribution in [0.4, 0.5) is 0 Å². The van der Waals surface area contributed by atoms with Gasteiger partial charge in [-0.15, -0.1) is 0 Å². The summed E-state index contributed by atoms with van der Waals surface area (Å²) in [6.45, 7) is 14.3. The second-order valence-corrected chi connectivity index (χ2v) is 4.74. The summed E-state index contributed by atoms with van der Waals surface area (Å²) in [5.41, 5.74) is 6.21. The van der Waals surface area contributed by atoms with Crippen molar-refractivity contribution in [1.82, 2.24) is 4.90 Å². The molecule has 0 aliphatic carbocycles. The molecule has 18 heavy (non-hydrogen) atoms. The van der Waals surface area contributed by atoms with E-state index in [4.69, 9.17) is 15.2 Å². The topological polar surface area (TPSA) is 47.7 Å². The Morgan fingerprint density at radius 1 is 1.00 bits per heavy atom. The number of nitrogens with two attached hydrogens (primary N) is 1. The van der Waals surface area contributed by atoms with E-state index in [1.54, 1.807) is 0 Å². The van der Waals surface area contributed by atoms with Crippen molar-refractivity contribution in [2.45, 2.75) is 40.2 Å². The Kier molecular flexibility index (Phi) is 11.8. The van der Waals surface area contributed by atoms with E-state index in [-0.39, 0.29) is 6.04 Å². The molecule has 0 heterocycles. The number of hydrogen-bond acceptors (Lipinski definition) is 4. The Morgan fingerprint density at radius 3 is 1.89 bits per heavy atom. The van der Waals surface area contributed by atoms with E-state index in [2.05, 4.69) is 18.7 Å². The monoisotopic (exact) mass is 260 g/mol. The van der Waals surface area contributed by atoms with Crippen molar-refractivity contribution in [2.75, 3.05) is 46.1 Å². The van der Waals surface area contributed by atoms with Gasteiger partial charge in [-0.25, -0.2) is 0 Å².